The van der Waals surface area contributed by atoms with E-state index >= 15 is 0 Å². The van der Waals surface area contributed by atoms with Gasteiger partial charge in [0.25, 0.3) is 0 Å². The molecule has 0 spiro atoms. The maximum atomic E-state index is 9.57. The van der Waals surface area contributed by atoms with Crippen LogP contribution in [0.2, 0.25) is 0 Å². The third kappa shape index (κ3) is 3.17. The molecule has 0 aliphatic heterocycles. The van der Waals surface area contributed by atoms with Crippen LogP contribution in [0.4, 0.5) is 0 Å². The Hall–Kier alpha value is -4.94. The highest BCUT2D eigenvalue weighted by atomic mass is 14.2. The molecule has 0 bridgehead atoms. The molecule has 0 fully saturated rings. The Balaban J connectivity index is 1.51. The molecule has 0 heteroatoms. The van der Waals surface area contributed by atoms with Gasteiger partial charge in [-0.2, -0.15) is 0 Å². The molecule has 0 heterocycles. The van der Waals surface area contributed by atoms with Crippen LogP contribution in [0.15, 0.2) is 145 Å². The van der Waals surface area contributed by atoms with Gasteiger partial charge in [-0.25, -0.2) is 0 Å². The molecular weight excluding hydrogens is 456 g/mol. The lowest BCUT2D eigenvalue weighted by Gasteiger charge is -2.16. The van der Waals surface area contributed by atoms with Crippen LogP contribution in [0.3, 0.4) is 0 Å². The van der Waals surface area contributed by atoms with Crippen LogP contribution in [0.5, 0.6) is 0 Å². The Bertz CT molecular complexity index is 2550. The predicted molar refractivity (Wildman–Crippen MR) is 164 cm³/mol. The minimum absolute atomic E-state index is 0.0233. The molecular formula is C38H24. The second kappa shape index (κ2) is 8.30. The molecule has 8 aromatic rings. The fourth-order valence-electron chi connectivity index (χ4n) is 5.70. The van der Waals surface area contributed by atoms with Crippen LogP contribution >= 0.6 is 0 Å². The summed E-state index contributed by atoms with van der Waals surface area (Å²) in [7, 11) is 0. The van der Waals surface area contributed by atoms with Crippen LogP contribution in [0.1, 0.15) is 11.0 Å². The third-order valence-corrected chi connectivity index (χ3v) is 7.42. The van der Waals surface area contributed by atoms with Gasteiger partial charge in [-0.3, -0.25) is 0 Å². The van der Waals surface area contributed by atoms with Gasteiger partial charge in [0, 0.05) is 0 Å². The van der Waals surface area contributed by atoms with Crippen LogP contribution < -0.4 is 0 Å². The summed E-state index contributed by atoms with van der Waals surface area (Å²) in [6.45, 7) is 0. The first kappa shape index (κ1) is 14.7. The first-order chi connectivity index (χ1) is 22.2. The van der Waals surface area contributed by atoms with Crippen LogP contribution in [0.25, 0.3) is 76.5 Å². The molecule has 176 valence electrons. The molecule has 0 N–H and O–H groups in total. The summed E-state index contributed by atoms with van der Waals surface area (Å²) in [5.41, 5.74) is 1.27. The van der Waals surface area contributed by atoms with Gasteiger partial charge in [0.1, 0.15) is 0 Å². The van der Waals surface area contributed by atoms with Crippen molar-refractivity contribution in [2.45, 2.75) is 0 Å². The highest BCUT2D eigenvalue weighted by Gasteiger charge is 2.14. The Morgan fingerprint density at radius 1 is 0.368 bits per heavy atom. The second-order valence-electron chi connectivity index (χ2n) is 9.50. The quantitative estimate of drug-likeness (QED) is 0.217. The minimum Gasteiger partial charge on any atom is -0.0616 e. The lowest BCUT2D eigenvalue weighted by molar-refractivity contribution is 1.59. The molecule has 0 unspecified atom stereocenters. The maximum Gasteiger partial charge on any atom is 0.0636 e. The second-order valence-corrected chi connectivity index (χ2v) is 9.50. The molecule has 0 atom stereocenters. The van der Waals surface area contributed by atoms with E-state index in [1.54, 1.807) is 6.07 Å². The molecule has 38 heavy (non-hydrogen) atoms. The van der Waals surface area contributed by atoms with Crippen LogP contribution in [-0.4, -0.2) is 0 Å². The molecule has 0 saturated carbocycles. The number of fused-ring (bicyclic) bond motifs is 1. The van der Waals surface area contributed by atoms with E-state index in [0.717, 1.165) is 43.1 Å². The molecule has 0 nitrogen and oxygen atoms in total. The summed E-state index contributed by atoms with van der Waals surface area (Å²) in [6.07, 6.45) is 0. The first-order valence-corrected chi connectivity index (χ1v) is 12.5. The van der Waals surface area contributed by atoms with Gasteiger partial charge < -0.3 is 0 Å². The van der Waals surface area contributed by atoms with Gasteiger partial charge in [0.2, 0.25) is 0 Å². The largest absolute Gasteiger partial charge is 0.0636 e. The lowest BCUT2D eigenvalue weighted by atomic mass is 9.88. The Labute approximate surface area is 233 Å². The molecule has 0 radical (unpaired) electrons. The highest BCUT2D eigenvalue weighted by molar-refractivity contribution is 6.25. The van der Waals surface area contributed by atoms with E-state index in [1.807, 2.05) is 84.9 Å². The van der Waals surface area contributed by atoms with E-state index in [9.17, 15) is 1.37 Å². The zero-order valence-electron chi connectivity index (χ0n) is 28.2. The number of hydrogen-bond donors (Lipinski definition) is 0. The summed E-state index contributed by atoms with van der Waals surface area (Å²) >= 11 is 0. The lowest BCUT2D eigenvalue weighted by Crippen LogP contribution is -1.89. The average molecular weight is 489 g/mol. The fourth-order valence-corrected chi connectivity index (χ4v) is 5.70. The predicted octanol–water partition coefficient (Wildman–Crippen LogP) is 10.7. The first-order valence-electron chi connectivity index (χ1n) is 16.5. The van der Waals surface area contributed by atoms with Crippen molar-refractivity contribution in [3.05, 3.63) is 145 Å². The van der Waals surface area contributed by atoms with Crippen molar-refractivity contribution in [3.8, 4) is 33.4 Å². The fraction of sp³-hybridized carbons (Fsp3) is 0. The zero-order valence-corrected chi connectivity index (χ0v) is 20.2. The van der Waals surface area contributed by atoms with Gasteiger partial charge in [0.15, 0.2) is 0 Å². The Morgan fingerprint density at radius 3 is 1.87 bits per heavy atom. The molecule has 8 aromatic carbocycles. The molecule has 0 aromatic heterocycles. The average Bonchev–Trinajstić information content (AvgIpc) is 3.08. The van der Waals surface area contributed by atoms with Crippen molar-refractivity contribution < 1.29 is 11.0 Å². The molecule has 0 aliphatic rings. The smallest absolute Gasteiger partial charge is 0.0616 e. The van der Waals surface area contributed by atoms with Crippen LogP contribution in [0, 0.1) is 0 Å². The van der Waals surface area contributed by atoms with Gasteiger partial charge in [-0.15, -0.1) is 0 Å². The molecule has 8 rings (SSSR count). The van der Waals surface area contributed by atoms with Crippen molar-refractivity contribution in [1.82, 2.24) is 0 Å². The summed E-state index contributed by atoms with van der Waals surface area (Å²) in [5, 5.41) is 7.60. The van der Waals surface area contributed by atoms with Crippen molar-refractivity contribution in [2.75, 3.05) is 0 Å². The maximum absolute atomic E-state index is 9.57. The van der Waals surface area contributed by atoms with E-state index in [4.69, 9.17) is 9.60 Å². The normalized spacial score (nSPS) is 14.6. The number of hydrogen-bond acceptors (Lipinski definition) is 0. The monoisotopic (exact) mass is 488 g/mol. The van der Waals surface area contributed by atoms with E-state index in [-0.39, 0.29) is 40.4 Å². The summed E-state index contributed by atoms with van der Waals surface area (Å²) in [4.78, 5) is 0. The number of benzene rings is 8. The Kier molecular flexibility index (Phi) is 3.21. The van der Waals surface area contributed by atoms with Gasteiger partial charge >= 0.3 is 0 Å². The molecule has 0 aliphatic carbocycles. The van der Waals surface area contributed by atoms with Gasteiger partial charge in [-0.1, -0.05) is 139 Å². The topological polar surface area (TPSA) is 0 Å². The van der Waals surface area contributed by atoms with Crippen LogP contribution in [-0.2, 0) is 0 Å². The standard InChI is InChI=1S/C38H24/c1-2-14-31-25(8-1)9-7-17-35(31)34-16-4-3-15-32(34)29-12-6-13-30(24-29)33-22-20-28-19-18-26-10-5-11-27-21-23-36(33)38(28)37(26)27/h1-24H/i3D,4D,6D,12D,13D,15D,16D,24D. The summed E-state index contributed by atoms with van der Waals surface area (Å²) < 4.78 is 71.8. The van der Waals surface area contributed by atoms with Crippen molar-refractivity contribution in [2.24, 2.45) is 0 Å². The van der Waals surface area contributed by atoms with Gasteiger partial charge in [0.05, 0.1) is 11.0 Å². The van der Waals surface area contributed by atoms with Crippen molar-refractivity contribution >= 4 is 43.1 Å². The third-order valence-electron chi connectivity index (χ3n) is 7.42. The van der Waals surface area contributed by atoms with Crippen molar-refractivity contribution in [3.63, 3.8) is 0 Å². The minimum atomic E-state index is -0.492. The number of rotatable bonds is 3. The zero-order chi connectivity index (χ0) is 32.0. The summed E-state index contributed by atoms with van der Waals surface area (Å²) in [6, 6.07) is 28.0. The Morgan fingerprint density at radius 2 is 1.00 bits per heavy atom. The van der Waals surface area contributed by atoms with E-state index in [1.165, 1.54) is 0 Å². The SMILES string of the molecule is [2H]c1c([2H])c(-c2c([2H])c([2H])c([2H])c([2H])c2-c2cccc3ccccc23)c([2H])c(-c2ccc3ccc4cccc5ccc2c3c45)c1[2H]. The highest BCUT2D eigenvalue weighted by Crippen LogP contribution is 2.41. The molecule has 0 amide bonds. The van der Waals surface area contributed by atoms with E-state index in [0.29, 0.717) is 11.1 Å². The summed E-state index contributed by atoms with van der Waals surface area (Å²) in [5.74, 6) is 0. The van der Waals surface area contributed by atoms with Crippen molar-refractivity contribution in [1.29, 1.82) is 0 Å². The van der Waals surface area contributed by atoms with Gasteiger partial charge in [-0.05, 0) is 82.5 Å². The molecule has 0 saturated heterocycles. The van der Waals surface area contributed by atoms with E-state index < -0.39 is 30.2 Å². The van der Waals surface area contributed by atoms with E-state index in [2.05, 4.69) is 6.07 Å².